The van der Waals surface area contributed by atoms with Gasteiger partial charge in [0.1, 0.15) is 18.2 Å². The van der Waals surface area contributed by atoms with E-state index in [1.165, 1.54) is 24.3 Å². The minimum atomic E-state index is -0.535. The molecule has 4 nitrogen and oxygen atoms in total. The predicted octanol–water partition coefficient (Wildman–Crippen LogP) is 2.13. The summed E-state index contributed by atoms with van der Waals surface area (Å²) in [5.74, 6) is 3.76. The van der Waals surface area contributed by atoms with Gasteiger partial charge in [-0.05, 0) is 30.3 Å². The molecule has 2 aromatic carbocycles. The summed E-state index contributed by atoms with van der Waals surface area (Å²) < 4.78 is 13.2. The number of amides is 1. The highest BCUT2D eigenvalue weighted by atomic mass is 19.1. The summed E-state index contributed by atoms with van der Waals surface area (Å²) in [6.07, 6.45) is 0. The van der Waals surface area contributed by atoms with Crippen molar-refractivity contribution in [2.24, 2.45) is 0 Å². The molecule has 0 saturated heterocycles. The van der Waals surface area contributed by atoms with Gasteiger partial charge < -0.3 is 15.5 Å². The van der Waals surface area contributed by atoms with Gasteiger partial charge in [-0.15, -0.1) is 0 Å². The number of aliphatic hydroxyl groups is 1. The van der Waals surface area contributed by atoms with E-state index in [1.54, 1.807) is 12.1 Å². The van der Waals surface area contributed by atoms with E-state index in [-0.39, 0.29) is 23.5 Å². The first-order chi connectivity index (χ1) is 10.1. The molecule has 0 radical (unpaired) electrons. The van der Waals surface area contributed by atoms with Crippen molar-refractivity contribution in [3.8, 4) is 17.6 Å². The van der Waals surface area contributed by atoms with E-state index in [0.717, 1.165) is 6.07 Å². The molecular weight excluding hydrogens is 273 g/mol. The van der Waals surface area contributed by atoms with Crippen molar-refractivity contribution in [1.82, 2.24) is 0 Å². The van der Waals surface area contributed by atoms with Crippen LogP contribution in [0, 0.1) is 17.7 Å². The predicted molar refractivity (Wildman–Crippen MR) is 76.4 cm³/mol. The van der Waals surface area contributed by atoms with E-state index >= 15 is 0 Å². The van der Waals surface area contributed by atoms with Crippen LogP contribution in [0.1, 0.15) is 15.9 Å². The zero-order valence-corrected chi connectivity index (χ0v) is 10.9. The van der Waals surface area contributed by atoms with E-state index in [4.69, 9.17) is 5.11 Å². The molecule has 5 heteroatoms. The summed E-state index contributed by atoms with van der Waals surface area (Å²) in [5.41, 5.74) is 0.640. The quantitative estimate of drug-likeness (QED) is 0.740. The summed E-state index contributed by atoms with van der Waals surface area (Å²) in [4.78, 5) is 12.1. The number of carbonyl (C=O) groups excluding carboxylic acids is 1. The number of nitrogens with one attached hydrogen (secondary N) is 1. The molecule has 0 fully saturated rings. The highest BCUT2D eigenvalue weighted by Crippen LogP contribution is 2.20. The average Bonchev–Trinajstić information content (AvgIpc) is 2.47. The first-order valence-corrected chi connectivity index (χ1v) is 6.10. The number of benzene rings is 2. The van der Waals surface area contributed by atoms with Crippen molar-refractivity contribution < 1.29 is 19.4 Å². The van der Waals surface area contributed by atoms with Crippen LogP contribution in [0.4, 0.5) is 10.1 Å². The molecule has 0 aliphatic rings. The average molecular weight is 285 g/mol. The number of phenols is 1. The van der Waals surface area contributed by atoms with Crippen molar-refractivity contribution in [2.45, 2.75) is 0 Å². The smallest absolute Gasteiger partial charge is 0.259 e. The Bertz CT molecular complexity index is 732. The van der Waals surface area contributed by atoms with Gasteiger partial charge in [-0.3, -0.25) is 4.79 Å². The number of rotatable bonds is 2. The largest absolute Gasteiger partial charge is 0.507 e. The molecule has 3 N–H and O–H groups in total. The Morgan fingerprint density at radius 1 is 1.24 bits per heavy atom. The normalized spacial score (nSPS) is 9.62. The van der Waals surface area contributed by atoms with Crippen LogP contribution in [0.5, 0.6) is 5.75 Å². The monoisotopic (exact) mass is 285 g/mol. The lowest BCUT2D eigenvalue weighted by atomic mass is 10.1. The fraction of sp³-hybridized carbons (Fsp3) is 0.0625. The molecule has 2 aromatic rings. The number of hydrogen-bond donors (Lipinski definition) is 3. The Kier molecular flexibility index (Phi) is 4.54. The van der Waals surface area contributed by atoms with Crippen LogP contribution in [0.2, 0.25) is 0 Å². The Balaban J connectivity index is 2.31. The van der Waals surface area contributed by atoms with Gasteiger partial charge in [0, 0.05) is 0 Å². The van der Waals surface area contributed by atoms with E-state index in [0.29, 0.717) is 5.69 Å². The second-order valence-corrected chi connectivity index (χ2v) is 4.12. The lowest BCUT2D eigenvalue weighted by Gasteiger charge is -2.08. The molecule has 0 aromatic heterocycles. The molecule has 0 spiro atoms. The maximum Gasteiger partial charge on any atom is 0.259 e. The third-order valence-corrected chi connectivity index (χ3v) is 2.68. The molecule has 2 rings (SSSR count). The Hall–Kier alpha value is -2.84. The van der Waals surface area contributed by atoms with E-state index in [2.05, 4.69) is 17.2 Å². The van der Waals surface area contributed by atoms with Gasteiger partial charge in [0.2, 0.25) is 0 Å². The molecular formula is C16H12FNO3. The first-order valence-electron chi connectivity index (χ1n) is 6.10. The van der Waals surface area contributed by atoms with E-state index in [1.807, 2.05) is 0 Å². The lowest BCUT2D eigenvalue weighted by molar-refractivity contribution is 0.102. The molecule has 1 amide bonds. The number of carbonyl (C=O) groups is 1. The Morgan fingerprint density at radius 3 is 2.71 bits per heavy atom. The highest BCUT2D eigenvalue weighted by Gasteiger charge is 2.12. The van der Waals surface area contributed by atoms with Crippen LogP contribution in [0.15, 0.2) is 42.5 Å². The van der Waals surface area contributed by atoms with Crippen LogP contribution in [0.25, 0.3) is 0 Å². The fourth-order valence-electron chi connectivity index (χ4n) is 1.72. The summed E-state index contributed by atoms with van der Waals surface area (Å²) in [7, 11) is 0. The SMILES string of the molecule is O=C(Nc1ccc(F)cc1C#CCO)c1ccccc1O. The molecule has 106 valence electrons. The van der Waals surface area contributed by atoms with Crippen molar-refractivity contribution in [3.05, 3.63) is 59.4 Å². The summed E-state index contributed by atoms with van der Waals surface area (Å²) in [6, 6.07) is 9.79. The summed E-state index contributed by atoms with van der Waals surface area (Å²) >= 11 is 0. The standard InChI is InChI=1S/C16H12FNO3/c17-12-7-8-14(11(10-12)4-3-9-19)18-16(21)13-5-1-2-6-15(13)20/h1-2,5-8,10,19-20H,9H2,(H,18,21). The van der Waals surface area contributed by atoms with E-state index in [9.17, 15) is 14.3 Å². The van der Waals surface area contributed by atoms with Gasteiger partial charge in [0.05, 0.1) is 16.8 Å². The minimum absolute atomic E-state index is 0.0999. The van der Waals surface area contributed by atoms with Crippen LogP contribution < -0.4 is 5.32 Å². The number of halogens is 1. The molecule has 21 heavy (non-hydrogen) atoms. The van der Waals surface area contributed by atoms with Crippen molar-refractivity contribution in [1.29, 1.82) is 0 Å². The highest BCUT2D eigenvalue weighted by molar-refractivity contribution is 6.06. The number of anilines is 1. The van der Waals surface area contributed by atoms with Gasteiger partial charge in [-0.1, -0.05) is 24.0 Å². The molecule has 0 aliphatic carbocycles. The van der Waals surface area contributed by atoms with E-state index < -0.39 is 11.7 Å². The van der Waals surface area contributed by atoms with Crippen molar-refractivity contribution >= 4 is 11.6 Å². The number of aliphatic hydroxyl groups excluding tert-OH is 1. The number of aromatic hydroxyl groups is 1. The second kappa shape index (κ2) is 6.55. The number of para-hydroxylation sites is 1. The second-order valence-electron chi connectivity index (χ2n) is 4.12. The molecule has 0 unspecified atom stereocenters. The fourth-order valence-corrected chi connectivity index (χ4v) is 1.72. The third-order valence-electron chi connectivity index (χ3n) is 2.68. The van der Waals surface area contributed by atoms with Crippen molar-refractivity contribution in [2.75, 3.05) is 11.9 Å². The van der Waals surface area contributed by atoms with Crippen LogP contribution in [0.3, 0.4) is 0 Å². The van der Waals surface area contributed by atoms with Gasteiger partial charge in [-0.25, -0.2) is 4.39 Å². The van der Waals surface area contributed by atoms with Gasteiger partial charge >= 0.3 is 0 Å². The Labute approximate surface area is 120 Å². The molecule has 0 saturated carbocycles. The molecule has 0 heterocycles. The van der Waals surface area contributed by atoms with Crippen LogP contribution in [-0.4, -0.2) is 22.7 Å². The number of phenolic OH excluding ortho intramolecular Hbond substituents is 1. The van der Waals surface area contributed by atoms with Crippen molar-refractivity contribution in [3.63, 3.8) is 0 Å². The van der Waals surface area contributed by atoms with Gasteiger partial charge in [-0.2, -0.15) is 0 Å². The maximum absolute atomic E-state index is 13.2. The molecule has 0 bridgehead atoms. The zero-order valence-electron chi connectivity index (χ0n) is 10.9. The third kappa shape index (κ3) is 3.59. The first kappa shape index (κ1) is 14.6. The van der Waals surface area contributed by atoms with Crippen LogP contribution in [-0.2, 0) is 0 Å². The van der Waals surface area contributed by atoms with Crippen LogP contribution >= 0.6 is 0 Å². The van der Waals surface area contributed by atoms with Gasteiger partial charge in [0.25, 0.3) is 5.91 Å². The molecule has 0 atom stereocenters. The molecule has 0 aliphatic heterocycles. The topological polar surface area (TPSA) is 69.6 Å². The summed E-state index contributed by atoms with van der Waals surface area (Å²) in [5, 5.41) is 20.9. The zero-order chi connectivity index (χ0) is 15.2. The minimum Gasteiger partial charge on any atom is -0.507 e. The maximum atomic E-state index is 13.2. The lowest BCUT2D eigenvalue weighted by Crippen LogP contribution is -2.13. The van der Waals surface area contributed by atoms with Gasteiger partial charge in [0.15, 0.2) is 0 Å². The Morgan fingerprint density at radius 2 is 2.00 bits per heavy atom. The number of hydrogen-bond acceptors (Lipinski definition) is 3. The summed E-state index contributed by atoms with van der Waals surface area (Å²) in [6.45, 7) is -0.372.